The number of phenols is 1. The monoisotopic (exact) mass is 428 g/mol. The largest absolute Gasteiger partial charge is 0.508 e. The van der Waals surface area contributed by atoms with Gasteiger partial charge in [0, 0.05) is 0 Å². The van der Waals surface area contributed by atoms with Crippen molar-refractivity contribution in [3.05, 3.63) is 111 Å². The van der Waals surface area contributed by atoms with Crippen molar-refractivity contribution in [2.24, 2.45) is 0 Å². The number of rotatable bonds is 6. The first-order valence-electron chi connectivity index (χ1n) is 9.92. The van der Waals surface area contributed by atoms with E-state index in [1.165, 1.54) is 34.9 Å². The van der Waals surface area contributed by atoms with E-state index in [1.54, 1.807) is 42.5 Å². The van der Waals surface area contributed by atoms with E-state index in [1.807, 2.05) is 12.1 Å². The number of fused-ring (bicyclic) bond motifs is 1. The molecule has 0 spiro atoms. The molecule has 0 unspecified atom stereocenters. The fourth-order valence-electron chi connectivity index (χ4n) is 3.46. The van der Waals surface area contributed by atoms with Gasteiger partial charge in [0.05, 0.1) is 23.1 Å². The van der Waals surface area contributed by atoms with Crippen molar-refractivity contribution >= 4 is 22.8 Å². The van der Waals surface area contributed by atoms with Crippen LogP contribution in [0.3, 0.4) is 0 Å². The topological polar surface area (TPSA) is 102 Å². The van der Waals surface area contributed by atoms with Gasteiger partial charge in [-0.1, -0.05) is 42.5 Å². The van der Waals surface area contributed by atoms with E-state index in [2.05, 4.69) is 0 Å². The molecule has 0 radical (unpaired) electrons. The zero-order valence-electron chi connectivity index (χ0n) is 17.0. The van der Waals surface area contributed by atoms with Crippen LogP contribution in [0, 0.1) is 0 Å². The fourth-order valence-corrected chi connectivity index (χ4v) is 3.46. The smallest absolute Gasteiger partial charge is 0.336 e. The lowest BCUT2D eigenvalue weighted by molar-refractivity contribution is -0.117. The predicted molar refractivity (Wildman–Crippen MR) is 122 cm³/mol. The summed E-state index contributed by atoms with van der Waals surface area (Å²) in [5.74, 6) is -0.346. The number of aliphatic hydroxyl groups excluding tert-OH is 1. The molecule has 0 aliphatic heterocycles. The number of carbonyl (C=O) groups is 1. The fraction of sp³-hybridized carbons (Fsp3) is 0.0800. The summed E-state index contributed by atoms with van der Waals surface area (Å²) in [5, 5.41) is 18.8. The minimum absolute atomic E-state index is 0.0396. The number of nitrogens with zero attached hydrogens (tertiary/aromatic N) is 2. The average Bonchev–Trinajstić information content (AvgIpc) is 2.82. The Morgan fingerprint density at radius 1 is 0.906 bits per heavy atom. The first kappa shape index (κ1) is 21.0. The van der Waals surface area contributed by atoms with Crippen LogP contribution in [0.1, 0.15) is 11.1 Å². The third-order valence-corrected chi connectivity index (χ3v) is 5.10. The van der Waals surface area contributed by atoms with Crippen LogP contribution in [-0.2, 0) is 11.3 Å². The molecule has 7 heteroatoms. The molecule has 160 valence electrons. The second-order valence-electron chi connectivity index (χ2n) is 7.24. The number of hydrogen-bond donors (Lipinski definition) is 2. The maximum Gasteiger partial charge on any atom is 0.336 e. The zero-order valence-corrected chi connectivity index (χ0v) is 17.0. The van der Waals surface area contributed by atoms with Gasteiger partial charge in [0.2, 0.25) is 0 Å². The van der Waals surface area contributed by atoms with E-state index in [4.69, 9.17) is 5.11 Å². The van der Waals surface area contributed by atoms with Gasteiger partial charge in [-0.05, 0) is 53.6 Å². The summed E-state index contributed by atoms with van der Waals surface area (Å²) in [5.41, 5.74) is 1.58. The molecule has 1 aromatic heterocycles. The van der Waals surface area contributed by atoms with Crippen molar-refractivity contribution in [3.8, 4) is 11.4 Å². The van der Waals surface area contributed by atoms with Gasteiger partial charge in [-0.2, -0.15) is 0 Å². The molecule has 7 nitrogen and oxygen atoms in total. The van der Waals surface area contributed by atoms with Gasteiger partial charge < -0.3 is 10.2 Å². The molecular formula is C25H20N2O5. The Hall–Kier alpha value is -4.23. The summed E-state index contributed by atoms with van der Waals surface area (Å²) < 4.78 is 2.63. The van der Waals surface area contributed by atoms with Crippen molar-refractivity contribution < 1.29 is 15.0 Å². The lowest BCUT2D eigenvalue weighted by Crippen LogP contribution is -2.39. The Labute approximate surface area is 182 Å². The molecule has 3 aromatic carbocycles. The molecular weight excluding hydrogens is 408 g/mol. The van der Waals surface area contributed by atoms with Crippen molar-refractivity contribution in [2.45, 2.75) is 6.54 Å². The maximum absolute atomic E-state index is 13.4. The highest BCUT2D eigenvalue weighted by atomic mass is 16.3. The Kier molecular flexibility index (Phi) is 5.83. The lowest BCUT2D eigenvalue weighted by atomic mass is 10.1. The highest BCUT2D eigenvalue weighted by Gasteiger charge is 2.14. The normalized spacial score (nSPS) is 11.3. The molecule has 0 bridgehead atoms. The lowest BCUT2D eigenvalue weighted by Gasteiger charge is -2.14. The molecule has 0 saturated heterocycles. The molecule has 0 aliphatic rings. The number of phenolic OH excluding ortho intramolecular Hbond substituents is 1. The molecule has 4 rings (SSSR count). The van der Waals surface area contributed by atoms with Crippen LogP contribution in [0.5, 0.6) is 5.75 Å². The first-order chi connectivity index (χ1) is 15.5. The standard InChI is InChI=1S/C25H20N2O5/c28-16-21(30)12-9-17-5-7-18(8-6-17)15-26-23-4-2-1-3-22(23)24(31)27(25(26)32)19-10-13-20(29)14-11-19/h1-14,28-29H,15-16H2/b12-9+. The van der Waals surface area contributed by atoms with E-state index in [-0.39, 0.29) is 18.1 Å². The quantitative estimate of drug-likeness (QED) is 0.460. The number of para-hydroxylation sites is 1. The number of hydrogen-bond acceptors (Lipinski definition) is 5. The summed E-state index contributed by atoms with van der Waals surface area (Å²) >= 11 is 0. The summed E-state index contributed by atoms with van der Waals surface area (Å²) in [4.78, 5) is 37.7. The molecule has 32 heavy (non-hydrogen) atoms. The van der Waals surface area contributed by atoms with Gasteiger partial charge >= 0.3 is 5.69 Å². The van der Waals surface area contributed by atoms with Crippen LogP contribution >= 0.6 is 0 Å². The van der Waals surface area contributed by atoms with Crippen molar-refractivity contribution in [3.63, 3.8) is 0 Å². The van der Waals surface area contributed by atoms with E-state index in [0.29, 0.717) is 16.6 Å². The molecule has 0 fully saturated rings. The molecule has 0 amide bonds. The number of ketones is 1. The highest BCUT2D eigenvalue weighted by molar-refractivity contribution is 5.94. The molecule has 4 aromatic rings. The van der Waals surface area contributed by atoms with Crippen LogP contribution in [-0.4, -0.2) is 31.7 Å². The van der Waals surface area contributed by atoms with Crippen LogP contribution in [0.2, 0.25) is 0 Å². The van der Waals surface area contributed by atoms with E-state index < -0.39 is 17.9 Å². The van der Waals surface area contributed by atoms with Crippen LogP contribution in [0.4, 0.5) is 0 Å². The predicted octanol–water partition coefficient (Wildman–Crippen LogP) is 2.48. The molecule has 0 aliphatic carbocycles. The summed E-state index contributed by atoms with van der Waals surface area (Å²) in [6.45, 7) is -0.307. The Bertz CT molecular complexity index is 1430. The second kappa shape index (κ2) is 8.87. The van der Waals surface area contributed by atoms with Gasteiger partial charge in [0.15, 0.2) is 5.78 Å². The zero-order chi connectivity index (χ0) is 22.7. The minimum atomic E-state index is -0.540. The van der Waals surface area contributed by atoms with Gasteiger partial charge in [0.1, 0.15) is 12.4 Å². The Morgan fingerprint density at radius 2 is 1.59 bits per heavy atom. The summed E-state index contributed by atoms with van der Waals surface area (Å²) in [6, 6.07) is 20.1. The van der Waals surface area contributed by atoms with E-state index in [0.717, 1.165) is 15.7 Å². The first-order valence-corrected chi connectivity index (χ1v) is 9.92. The van der Waals surface area contributed by atoms with Gasteiger partial charge in [-0.3, -0.25) is 14.2 Å². The second-order valence-corrected chi connectivity index (χ2v) is 7.24. The molecule has 2 N–H and O–H groups in total. The van der Waals surface area contributed by atoms with Crippen molar-refractivity contribution in [2.75, 3.05) is 6.61 Å². The molecule has 0 atom stereocenters. The van der Waals surface area contributed by atoms with Crippen LogP contribution in [0.25, 0.3) is 22.7 Å². The third-order valence-electron chi connectivity index (χ3n) is 5.10. The number of aromatic nitrogens is 2. The number of aromatic hydroxyl groups is 1. The molecule has 1 heterocycles. The van der Waals surface area contributed by atoms with Crippen LogP contribution in [0.15, 0.2) is 88.5 Å². The SMILES string of the molecule is O=C(/C=C/c1ccc(Cn2c(=O)n(-c3ccc(O)cc3)c(=O)c3ccccc32)cc1)CO. The Morgan fingerprint density at radius 3 is 2.28 bits per heavy atom. The average molecular weight is 428 g/mol. The third kappa shape index (κ3) is 4.14. The molecule has 0 saturated carbocycles. The highest BCUT2D eigenvalue weighted by Crippen LogP contribution is 2.15. The van der Waals surface area contributed by atoms with E-state index in [9.17, 15) is 19.5 Å². The van der Waals surface area contributed by atoms with Gasteiger partial charge in [-0.25, -0.2) is 9.36 Å². The Balaban J connectivity index is 1.80. The number of aliphatic hydroxyl groups is 1. The summed E-state index contributed by atoms with van der Waals surface area (Å²) in [7, 11) is 0. The number of carbonyl (C=O) groups excluding carboxylic acids is 1. The van der Waals surface area contributed by atoms with Gasteiger partial charge in [0.25, 0.3) is 5.56 Å². The maximum atomic E-state index is 13.4. The van der Waals surface area contributed by atoms with Gasteiger partial charge in [-0.15, -0.1) is 0 Å². The summed E-state index contributed by atoms with van der Waals surface area (Å²) in [6.07, 6.45) is 2.91. The van der Waals surface area contributed by atoms with Crippen molar-refractivity contribution in [1.29, 1.82) is 0 Å². The van der Waals surface area contributed by atoms with E-state index >= 15 is 0 Å². The van der Waals surface area contributed by atoms with Crippen LogP contribution < -0.4 is 11.2 Å². The number of benzene rings is 3. The minimum Gasteiger partial charge on any atom is -0.508 e. The van der Waals surface area contributed by atoms with Crippen molar-refractivity contribution in [1.82, 2.24) is 9.13 Å².